The standard InChI is InChI=1S/C20H22FN3O4S/c1-14-5-7-16(21)9-20(14)29(25,26)24(17-11-22-23(2)13-17)12-15-6-8-18(27-3)10-19(15)28-4/h5-11,13H,12H2,1-4H3. The second-order valence-electron chi connectivity index (χ2n) is 6.47. The van der Waals surface area contributed by atoms with Crippen LogP contribution in [0.1, 0.15) is 11.1 Å². The van der Waals surface area contributed by atoms with Crippen LogP contribution >= 0.6 is 0 Å². The van der Waals surface area contributed by atoms with Crippen molar-refractivity contribution in [1.29, 1.82) is 0 Å². The Morgan fingerprint density at radius 2 is 1.90 bits per heavy atom. The quantitative estimate of drug-likeness (QED) is 0.588. The Bertz CT molecular complexity index is 1130. The first-order valence-electron chi connectivity index (χ1n) is 8.74. The van der Waals surface area contributed by atoms with Crippen molar-refractivity contribution in [2.75, 3.05) is 18.5 Å². The van der Waals surface area contributed by atoms with E-state index in [4.69, 9.17) is 9.47 Å². The van der Waals surface area contributed by atoms with Gasteiger partial charge in [0.15, 0.2) is 0 Å². The first kappa shape index (κ1) is 20.7. The fourth-order valence-corrected chi connectivity index (χ4v) is 4.61. The number of benzene rings is 2. The molecule has 9 heteroatoms. The Hall–Kier alpha value is -3.07. The topological polar surface area (TPSA) is 73.7 Å². The Morgan fingerprint density at radius 1 is 1.14 bits per heavy atom. The third-order valence-electron chi connectivity index (χ3n) is 4.51. The highest BCUT2D eigenvalue weighted by Crippen LogP contribution is 2.31. The molecule has 2 aromatic carbocycles. The van der Waals surface area contributed by atoms with Crippen molar-refractivity contribution in [2.24, 2.45) is 7.05 Å². The van der Waals surface area contributed by atoms with Gasteiger partial charge in [0.2, 0.25) is 0 Å². The van der Waals surface area contributed by atoms with Gasteiger partial charge in [-0.3, -0.25) is 8.99 Å². The van der Waals surface area contributed by atoms with Crippen LogP contribution in [0.25, 0.3) is 0 Å². The molecule has 0 saturated heterocycles. The Balaban J connectivity index is 2.13. The number of hydrogen-bond donors (Lipinski definition) is 0. The van der Waals surface area contributed by atoms with E-state index in [0.717, 1.165) is 6.07 Å². The van der Waals surface area contributed by atoms with Gasteiger partial charge in [-0.05, 0) is 36.8 Å². The molecule has 0 aliphatic carbocycles. The van der Waals surface area contributed by atoms with Gasteiger partial charge >= 0.3 is 0 Å². The molecule has 0 saturated carbocycles. The lowest BCUT2D eigenvalue weighted by atomic mass is 10.2. The summed E-state index contributed by atoms with van der Waals surface area (Å²) in [5, 5.41) is 4.08. The highest BCUT2D eigenvalue weighted by atomic mass is 32.2. The number of methoxy groups -OCH3 is 2. The zero-order valence-electron chi connectivity index (χ0n) is 16.6. The maximum absolute atomic E-state index is 13.8. The zero-order chi connectivity index (χ0) is 21.2. The van der Waals surface area contributed by atoms with E-state index in [2.05, 4.69) is 5.10 Å². The molecule has 154 valence electrons. The number of hydrogen-bond acceptors (Lipinski definition) is 5. The summed E-state index contributed by atoms with van der Waals surface area (Å²) in [5.74, 6) is 0.439. The number of halogens is 1. The molecule has 0 radical (unpaired) electrons. The summed E-state index contributed by atoms with van der Waals surface area (Å²) < 4.78 is 54.1. The van der Waals surface area contributed by atoms with Gasteiger partial charge in [-0.15, -0.1) is 0 Å². The Morgan fingerprint density at radius 3 is 2.52 bits per heavy atom. The second-order valence-corrected chi connectivity index (χ2v) is 8.30. The summed E-state index contributed by atoms with van der Waals surface area (Å²) in [6.07, 6.45) is 3.03. The maximum Gasteiger partial charge on any atom is 0.265 e. The molecular weight excluding hydrogens is 397 g/mol. The number of aryl methyl sites for hydroxylation is 2. The Kier molecular flexibility index (Phi) is 5.78. The molecular formula is C20H22FN3O4S. The van der Waals surface area contributed by atoms with E-state index in [1.54, 1.807) is 38.4 Å². The van der Waals surface area contributed by atoms with Crippen molar-refractivity contribution in [1.82, 2.24) is 9.78 Å². The molecule has 0 aliphatic rings. The molecule has 0 bridgehead atoms. The van der Waals surface area contributed by atoms with Crippen LogP contribution in [0, 0.1) is 12.7 Å². The Labute approximate surface area is 169 Å². The van der Waals surface area contributed by atoms with E-state index in [-0.39, 0.29) is 11.4 Å². The van der Waals surface area contributed by atoms with Crippen LogP contribution in [0.3, 0.4) is 0 Å². The number of ether oxygens (including phenoxy) is 2. The molecule has 0 unspecified atom stereocenters. The predicted molar refractivity (Wildman–Crippen MR) is 107 cm³/mol. The summed E-state index contributed by atoms with van der Waals surface area (Å²) in [6.45, 7) is 1.60. The van der Waals surface area contributed by atoms with Crippen molar-refractivity contribution in [3.05, 3.63) is 65.7 Å². The van der Waals surface area contributed by atoms with Gasteiger partial charge in [0.1, 0.15) is 17.3 Å². The first-order chi connectivity index (χ1) is 13.8. The minimum atomic E-state index is -4.08. The van der Waals surface area contributed by atoms with Crippen LogP contribution in [-0.4, -0.2) is 32.4 Å². The first-order valence-corrected chi connectivity index (χ1v) is 10.2. The minimum absolute atomic E-state index is 0.0306. The van der Waals surface area contributed by atoms with Crippen molar-refractivity contribution < 1.29 is 22.3 Å². The van der Waals surface area contributed by atoms with Gasteiger partial charge in [0.05, 0.1) is 37.5 Å². The normalized spacial score (nSPS) is 11.3. The van der Waals surface area contributed by atoms with Gasteiger partial charge in [0.25, 0.3) is 10.0 Å². The lowest BCUT2D eigenvalue weighted by Crippen LogP contribution is -2.31. The molecule has 0 amide bonds. The molecule has 0 N–H and O–H groups in total. The average Bonchev–Trinajstić information content (AvgIpc) is 3.13. The van der Waals surface area contributed by atoms with Gasteiger partial charge in [-0.1, -0.05) is 6.07 Å². The maximum atomic E-state index is 13.8. The molecule has 0 aliphatic heterocycles. The van der Waals surface area contributed by atoms with E-state index < -0.39 is 15.8 Å². The predicted octanol–water partition coefficient (Wildman–Crippen LogP) is 3.28. The lowest BCUT2D eigenvalue weighted by molar-refractivity contribution is 0.391. The molecule has 0 fully saturated rings. The van der Waals surface area contributed by atoms with E-state index >= 15 is 0 Å². The number of aromatic nitrogens is 2. The summed E-state index contributed by atoms with van der Waals surface area (Å²) in [5.41, 5.74) is 1.42. The largest absolute Gasteiger partial charge is 0.497 e. The minimum Gasteiger partial charge on any atom is -0.497 e. The van der Waals surface area contributed by atoms with Crippen molar-refractivity contribution >= 4 is 15.7 Å². The van der Waals surface area contributed by atoms with Crippen molar-refractivity contribution in [3.63, 3.8) is 0 Å². The molecule has 0 atom stereocenters. The number of nitrogens with zero attached hydrogens (tertiary/aromatic N) is 3. The van der Waals surface area contributed by atoms with Gasteiger partial charge in [0, 0.05) is 24.9 Å². The van der Waals surface area contributed by atoms with Crippen LogP contribution in [0.2, 0.25) is 0 Å². The van der Waals surface area contributed by atoms with Gasteiger partial charge in [-0.25, -0.2) is 12.8 Å². The van der Waals surface area contributed by atoms with Crippen molar-refractivity contribution in [3.8, 4) is 11.5 Å². The fourth-order valence-electron chi connectivity index (χ4n) is 2.96. The zero-order valence-corrected chi connectivity index (χ0v) is 17.4. The third-order valence-corrected chi connectivity index (χ3v) is 6.42. The van der Waals surface area contributed by atoms with E-state index in [1.165, 1.54) is 41.5 Å². The van der Waals surface area contributed by atoms with Crippen LogP contribution in [0.5, 0.6) is 11.5 Å². The molecule has 3 aromatic rings. The highest BCUT2D eigenvalue weighted by molar-refractivity contribution is 7.92. The number of sulfonamides is 1. The molecule has 1 aromatic heterocycles. The monoisotopic (exact) mass is 419 g/mol. The fraction of sp³-hybridized carbons (Fsp3) is 0.250. The summed E-state index contributed by atoms with van der Waals surface area (Å²) in [6, 6.07) is 8.83. The molecule has 29 heavy (non-hydrogen) atoms. The van der Waals surface area contributed by atoms with E-state index in [0.29, 0.717) is 28.3 Å². The lowest BCUT2D eigenvalue weighted by Gasteiger charge is -2.25. The summed E-state index contributed by atoms with van der Waals surface area (Å²) >= 11 is 0. The number of anilines is 1. The summed E-state index contributed by atoms with van der Waals surface area (Å²) in [7, 11) is 0.644. The van der Waals surface area contributed by atoms with Crippen LogP contribution in [0.4, 0.5) is 10.1 Å². The van der Waals surface area contributed by atoms with Crippen LogP contribution < -0.4 is 13.8 Å². The van der Waals surface area contributed by atoms with Crippen LogP contribution in [0.15, 0.2) is 53.7 Å². The highest BCUT2D eigenvalue weighted by Gasteiger charge is 2.29. The third kappa shape index (κ3) is 4.19. The molecule has 7 nitrogen and oxygen atoms in total. The van der Waals surface area contributed by atoms with E-state index in [1.807, 2.05) is 0 Å². The van der Waals surface area contributed by atoms with Gasteiger partial charge in [-0.2, -0.15) is 5.10 Å². The summed E-state index contributed by atoms with van der Waals surface area (Å²) in [4.78, 5) is -0.103. The smallest absolute Gasteiger partial charge is 0.265 e. The molecule has 1 heterocycles. The van der Waals surface area contributed by atoms with Gasteiger partial charge < -0.3 is 9.47 Å². The molecule has 0 spiro atoms. The van der Waals surface area contributed by atoms with E-state index in [9.17, 15) is 12.8 Å². The second kappa shape index (κ2) is 8.12. The van der Waals surface area contributed by atoms with Crippen LogP contribution in [-0.2, 0) is 23.6 Å². The number of rotatable bonds is 7. The average molecular weight is 419 g/mol. The molecule has 3 rings (SSSR count). The van der Waals surface area contributed by atoms with Crippen molar-refractivity contribution in [2.45, 2.75) is 18.4 Å². The SMILES string of the molecule is COc1ccc(CN(c2cnn(C)c2)S(=O)(=O)c2cc(F)ccc2C)c(OC)c1.